The number of nitrogens with zero attached hydrogens (tertiary/aromatic N) is 2. The van der Waals surface area contributed by atoms with Gasteiger partial charge in [0.1, 0.15) is 0 Å². The Labute approximate surface area is 105 Å². The number of pyridine rings is 1. The van der Waals surface area contributed by atoms with E-state index in [1.807, 2.05) is 0 Å². The molecule has 2 heterocycles. The summed E-state index contributed by atoms with van der Waals surface area (Å²) in [5.74, 6) is 0. The number of halogens is 2. The molecule has 0 radical (unpaired) electrons. The molecule has 5 nitrogen and oxygen atoms in total. The second kappa shape index (κ2) is 3.72. The standard InChI is InChI=1S/C12H11F2N3O2/c1-17-10(19)6-4-8(18)15-5-7(6)9(16-17)12(2-3-12)11(13)14/h4-5,11H,2-3H2,1H3,(H,15,18). The van der Waals surface area contributed by atoms with Gasteiger partial charge in [-0.25, -0.2) is 13.5 Å². The lowest BCUT2D eigenvalue weighted by molar-refractivity contribution is 0.0996. The lowest BCUT2D eigenvalue weighted by atomic mass is 9.99. The largest absolute Gasteiger partial charge is 0.328 e. The van der Waals surface area contributed by atoms with Crippen LogP contribution in [0.5, 0.6) is 0 Å². The van der Waals surface area contributed by atoms with Crippen LogP contribution in [0.15, 0.2) is 21.9 Å². The molecule has 0 atom stereocenters. The minimum atomic E-state index is -2.53. The monoisotopic (exact) mass is 267 g/mol. The van der Waals surface area contributed by atoms with Crippen molar-refractivity contribution in [2.24, 2.45) is 7.05 Å². The third-order valence-electron chi connectivity index (χ3n) is 3.63. The minimum Gasteiger partial charge on any atom is -0.328 e. The second-order valence-corrected chi connectivity index (χ2v) is 4.86. The smallest absolute Gasteiger partial charge is 0.274 e. The highest BCUT2D eigenvalue weighted by atomic mass is 19.3. The van der Waals surface area contributed by atoms with Gasteiger partial charge in [-0.05, 0) is 12.8 Å². The van der Waals surface area contributed by atoms with E-state index in [0.717, 1.165) is 10.7 Å². The van der Waals surface area contributed by atoms with Gasteiger partial charge >= 0.3 is 0 Å². The van der Waals surface area contributed by atoms with Crippen LogP contribution >= 0.6 is 0 Å². The molecule has 0 aromatic carbocycles. The summed E-state index contributed by atoms with van der Waals surface area (Å²) < 4.78 is 27.4. The average molecular weight is 267 g/mol. The predicted molar refractivity (Wildman–Crippen MR) is 64.5 cm³/mol. The quantitative estimate of drug-likeness (QED) is 0.879. The first-order valence-electron chi connectivity index (χ1n) is 5.84. The van der Waals surface area contributed by atoms with Gasteiger partial charge in [0.15, 0.2) is 0 Å². The topological polar surface area (TPSA) is 67.8 Å². The zero-order valence-corrected chi connectivity index (χ0v) is 10.1. The Kier molecular flexibility index (Phi) is 2.35. The summed E-state index contributed by atoms with van der Waals surface area (Å²) in [6, 6.07) is 1.13. The third-order valence-corrected chi connectivity index (χ3v) is 3.63. The highest BCUT2D eigenvalue weighted by Crippen LogP contribution is 2.53. The Bertz CT molecular complexity index is 775. The number of H-pyrrole nitrogens is 1. The van der Waals surface area contributed by atoms with E-state index >= 15 is 0 Å². The molecule has 0 unspecified atom stereocenters. The summed E-state index contributed by atoms with van der Waals surface area (Å²) in [7, 11) is 1.40. The Morgan fingerprint density at radius 3 is 2.63 bits per heavy atom. The molecular weight excluding hydrogens is 256 g/mol. The van der Waals surface area contributed by atoms with Crippen LogP contribution in [0, 0.1) is 0 Å². The molecule has 1 aliphatic rings. The van der Waals surface area contributed by atoms with Crippen molar-refractivity contribution >= 4 is 10.8 Å². The molecule has 19 heavy (non-hydrogen) atoms. The molecule has 100 valence electrons. The van der Waals surface area contributed by atoms with Gasteiger partial charge in [0.25, 0.3) is 5.56 Å². The Morgan fingerprint density at radius 2 is 2.05 bits per heavy atom. The lowest BCUT2D eigenvalue weighted by Crippen LogP contribution is -2.28. The van der Waals surface area contributed by atoms with E-state index in [4.69, 9.17) is 0 Å². The molecule has 2 aromatic rings. The van der Waals surface area contributed by atoms with Gasteiger partial charge in [-0.15, -0.1) is 0 Å². The van der Waals surface area contributed by atoms with Crippen molar-refractivity contribution in [2.75, 3.05) is 0 Å². The number of aryl methyl sites for hydroxylation is 1. The zero-order valence-electron chi connectivity index (χ0n) is 10.1. The van der Waals surface area contributed by atoms with Crippen LogP contribution in [-0.2, 0) is 12.5 Å². The van der Waals surface area contributed by atoms with Crippen LogP contribution in [0.3, 0.4) is 0 Å². The molecule has 2 aromatic heterocycles. The van der Waals surface area contributed by atoms with Crippen molar-refractivity contribution in [1.29, 1.82) is 0 Å². The molecule has 1 fully saturated rings. The number of hydrogen-bond acceptors (Lipinski definition) is 3. The maximum Gasteiger partial charge on any atom is 0.274 e. The van der Waals surface area contributed by atoms with Gasteiger partial charge in [-0.1, -0.05) is 0 Å². The number of rotatable bonds is 2. The molecule has 3 rings (SSSR count). The molecule has 1 aliphatic carbocycles. The fourth-order valence-corrected chi connectivity index (χ4v) is 2.33. The van der Waals surface area contributed by atoms with E-state index < -0.39 is 23.0 Å². The Hall–Kier alpha value is -2.05. The highest BCUT2D eigenvalue weighted by molar-refractivity contribution is 5.83. The summed E-state index contributed by atoms with van der Waals surface area (Å²) in [6.07, 6.45) is -0.564. The summed E-state index contributed by atoms with van der Waals surface area (Å²) in [5, 5.41) is 4.42. The first-order valence-corrected chi connectivity index (χ1v) is 5.84. The molecule has 1 N–H and O–H groups in total. The summed E-state index contributed by atoms with van der Waals surface area (Å²) in [6.45, 7) is 0. The molecule has 0 amide bonds. The number of alkyl halides is 2. The van der Waals surface area contributed by atoms with Crippen molar-refractivity contribution in [1.82, 2.24) is 14.8 Å². The molecule has 0 spiro atoms. The molecular formula is C12H11F2N3O2. The van der Waals surface area contributed by atoms with Crippen molar-refractivity contribution < 1.29 is 8.78 Å². The predicted octanol–water partition coefficient (Wildman–Crippen LogP) is 0.918. The Balaban J connectivity index is 2.41. The van der Waals surface area contributed by atoms with Crippen LogP contribution in [0.4, 0.5) is 8.78 Å². The van der Waals surface area contributed by atoms with Crippen LogP contribution in [0.1, 0.15) is 18.5 Å². The molecule has 0 aliphatic heterocycles. The van der Waals surface area contributed by atoms with Crippen molar-refractivity contribution in [3.63, 3.8) is 0 Å². The normalized spacial score (nSPS) is 17.1. The van der Waals surface area contributed by atoms with Gasteiger partial charge in [-0.2, -0.15) is 5.10 Å². The van der Waals surface area contributed by atoms with Crippen molar-refractivity contribution in [3.8, 4) is 0 Å². The number of aromatic amines is 1. The van der Waals surface area contributed by atoms with Crippen molar-refractivity contribution in [2.45, 2.75) is 24.7 Å². The number of fused-ring (bicyclic) bond motifs is 1. The summed E-state index contributed by atoms with van der Waals surface area (Å²) >= 11 is 0. The van der Waals surface area contributed by atoms with E-state index in [0.29, 0.717) is 18.2 Å². The fraction of sp³-hybridized carbons (Fsp3) is 0.417. The first kappa shape index (κ1) is 12.0. The summed E-state index contributed by atoms with van der Waals surface area (Å²) in [4.78, 5) is 25.6. The number of hydrogen-bond donors (Lipinski definition) is 1. The van der Waals surface area contributed by atoms with E-state index in [9.17, 15) is 18.4 Å². The van der Waals surface area contributed by atoms with E-state index in [2.05, 4.69) is 10.1 Å². The van der Waals surface area contributed by atoms with Gasteiger partial charge in [0, 0.05) is 24.7 Å². The third kappa shape index (κ3) is 1.61. The van der Waals surface area contributed by atoms with Crippen LogP contribution < -0.4 is 11.1 Å². The maximum atomic E-state index is 13.2. The first-order chi connectivity index (χ1) is 8.95. The zero-order chi connectivity index (χ0) is 13.8. The fourth-order valence-electron chi connectivity index (χ4n) is 2.33. The minimum absolute atomic E-state index is 0.128. The molecule has 0 bridgehead atoms. The van der Waals surface area contributed by atoms with Crippen LogP contribution in [0.2, 0.25) is 0 Å². The van der Waals surface area contributed by atoms with Gasteiger partial charge < -0.3 is 4.98 Å². The molecule has 7 heteroatoms. The number of aromatic nitrogens is 3. The molecule has 0 saturated heterocycles. The van der Waals surface area contributed by atoms with Crippen LogP contribution in [-0.4, -0.2) is 21.2 Å². The molecule has 1 saturated carbocycles. The SMILES string of the molecule is Cn1nc(C2(C(F)F)CC2)c2c[nH]c(=O)cc2c1=O. The maximum absolute atomic E-state index is 13.2. The van der Waals surface area contributed by atoms with Crippen LogP contribution in [0.25, 0.3) is 10.8 Å². The van der Waals surface area contributed by atoms with E-state index in [1.165, 1.54) is 13.2 Å². The summed E-state index contributed by atoms with van der Waals surface area (Å²) in [5.41, 5.74) is -1.99. The highest BCUT2D eigenvalue weighted by Gasteiger charge is 2.55. The average Bonchev–Trinajstić information content (AvgIpc) is 3.15. The van der Waals surface area contributed by atoms with Gasteiger partial charge in [-0.3, -0.25) is 9.59 Å². The second-order valence-electron chi connectivity index (χ2n) is 4.86. The van der Waals surface area contributed by atoms with E-state index in [-0.39, 0.29) is 11.1 Å². The Morgan fingerprint density at radius 1 is 1.37 bits per heavy atom. The van der Waals surface area contributed by atoms with Crippen molar-refractivity contribution in [3.05, 3.63) is 38.7 Å². The van der Waals surface area contributed by atoms with Gasteiger partial charge in [0.2, 0.25) is 12.0 Å². The van der Waals surface area contributed by atoms with E-state index in [1.54, 1.807) is 0 Å². The lowest BCUT2D eigenvalue weighted by Gasteiger charge is -2.16. The number of nitrogens with one attached hydrogen (secondary N) is 1. The van der Waals surface area contributed by atoms with Gasteiger partial charge in [0.05, 0.1) is 16.5 Å².